The Hall–Kier alpha value is -5.22. The summed E-state index contributed by atoms with van der Waals surface area (Å²) in [5, 5.41) is 0. The first-order valence-corrected chi connectivity index (χ1v) is 14.0. The molecule has 0 unspecified atom stereocenters. The molecule has 1 aliphatic rings. The molecule has 4 heteroatoms. The first kappa shape index (κ1) is 24.8. The average Bonchev–Trinajstić information content (AvgIpc) is 3.38. The van der Waals surface area contributed by atoms with E-state index < -0.39 is 0 Å². The van der Waals surface area contributed by atoms with Crippen molar-refractivity contribution in [2.75, 3.05) is 9.80 Å². The minimum atomic E-state index is 0.875. The van der Waals surface area contributed by atoms with Gasteiger partial charge < -0.3 is 0 Å². The lowest BCUT2D eigenvalue weighted by Gasteiger charge is -2.25. The molecule has 0 atom stereocenters. The fraction of sp³-hybridized carbons (Fsp3) is 0.0811. The highest BCUT2D eigenvalue weighted by Gasteiger charge is 2.23. The van der Waals surface area contributed by atoms with Gasteiger partial charge in [0.1, 0.15) is 11.6 Å². The van der Waals surface area contributed by atoms with E-state index in [0.29, 0.717) is 0 Å². The van der Waals surface area contributed by atoms with Crippen LogP contribution in [-0.2, 0) is 6.42 Å². The summed E-state index contributed by atoms with van der Waals surface area (Å²) in [5.74, 6) is 1.80. The molecular formula is C37H30N4. The van der Waals surface area contributed by atoms with E-state index in [1.165, 1.54) is 33.4 Å². The molecule has 0 bridgehead atoms. The van der Waals surface area contributed by atoms with Gasteiger partial charge in [-0.15, -0.1) is 0 Å². The molecule has 2 heterocycles. The van der Waals surface area contributed by atoms with E-state index in [2.05, 4.69) is 121 Å². The zero-order valence-corrected chi connectivity index (χ0v) is 23.2. The predicted octanol–water partition coefficient (Wildman–Crippen LogP) is 9.60. The fourth-order valence-corrected chi connectivity index (χ4v) is 5.65. The zero-order valence-electron chi connectivity index (χ0n) is 23.2. The molecule has 0 spiro atoms. The van der Waals surface area contributed by atoms with Gasteiger partial charge in [0.15, 0.2) is 0 Å². The lowest BCUT2D eigenvalue weighted by Crippen LogP contribution is -2.11. The molecule has 198 valence electrons. The van der Waals surface area contributed by atoms with Gasteiger partial charge in [0.25, 0.3) is 0 Å². The molecular weight excluding hydrogens is 500 g/mol. The van der Waals surface area contributed by atoms with Gasteiger partial charge in [-0.2, -0.15) is 0 Å². The Morgan fingerprint density at radius 1 is 0.463 bits per heavy atom. The van der Waals surface area contributed by atoms with Crippen molar-refractivity contribution < 1.29 is 0 Å². The van der Waals surface area contributed by atoms with Crippen molar-refractivity contribution in [2.24, 2.45) is 0 Å². The maximum absolute atomic E-state index is 4.70. The zero-order chi connectivity index (χ0) is 27.8. The Labute approximate surface area is 241 Å². The summed E-state index contributed by atoms with van der Waals surface area (Å²) in [6.45, 7) is 4.23. The lowest BCUT2D eigenvalue weighted by molar-refractivity contribution is 1.16. The smallest absolute Gasteiger partial charge is 0.137 e. The summed E-state index contributed by atoms with van der Waals surface area (Å²) >= 11 is 0. The van der Waals surface area contributed by atoms with Crippen LogP contribution in [0.15, 0.2) is 134 Å². The fourth-order valence-electron chi connectivity index (χ4n) is 5.65. The first-order valence-electron chi connectivity index (χ1n) is 14.0. The van der Waals surface area contributed by atoms with Crippen molar-refractivity contribution in [3.63, 3.8) is 0 Å². The van der Waals surface area contributed by atoms with Crippen molar-refractivity contribution in [3.8, 4) is 11.1 Å². The molecule has 0 radical (unpaired) electrons. The predicted molar refractivity (Wildman–Crippen MR) is 169 cm³/mol. The maximum Gasteiger partial charge on any atom is 0.137 e. The molecule has 41 heavy (non-hydrogen) atoms. The van der Waals surface area contributed by atoms with E-state index in [4.69, 9.17) is 9.97 Å². The number of pyridine rings is 2. The number of hydrogen-bond acceptors (Lipinski definition) is 4. The van der Waals surface area contributed by atoms with Crippen molar-refractivity contribution in [2.45, 2.75) is 20.3 Å². The Bertz CT molecular complexity index is 1680. The Balaban J connectivity index is 1.27. The summed E-state index contributed by atoms with van der Waals surface area (Å²) in [4.78, 5) is 13.9. The van der Waals surface area contributed by atoms with Crippen LogP contribution in [0.2, 0.25) is 0 Å². The maximum atomic E-state index is 4.70. The van der Waals surface area contributed by atoms with E-state index in [0.717, 1.165) is 40.8 Å². The van der Waals surface area contributed by atoms with Gasteiger partial charge in [0.05, 0.1) is 0 Å². The second-order valence-electron chi connectivity index (χ2n) is 10.6. The van der Waals surface area contributed by atoms with E-state index in [1.807, 2.05) is 36.7 Å². The number of nitrogens with zero attached hydrogens (tertiary/aromatic N) is 4. The molecule has 0 saturated heterocycles. The van der Waals surface area contributed by atoms with Crippen molar-refractivity contribution in [1.29, 1.82) is 0 Å². The highest BCUT2D eigenvalue weighted by molar-refractivity contribution is 5.85. The number of aryl methyl sites for hydroxylation is 2. The normalized spacial score (nSPS) is 11.6. The van der Waals surface area contributed by atoms with Crippen LogP contribution in [0.25, 0.3) is 11.1 Å². The van der Waals surface area contributed by atoms with Crippen LogP contribution in [0.4, 0.5) is 34.4 Å². The lowest BCUT2D eigenvalue weighted by atomic mass is 10.0. The summed E-state index contributed by atoms with van der Waals surface area (Å²) in [6, 6.07) is 42.9. The van der Waals surface area contributed by atoms with E-state index in [9.17, 15) is 0 Å². The Morgan fingerprint density at radius 3 is 1.27 bits per heavy atom. The summed E-state index contributed by atoms with van der Waals surface area (Å²) in [5.41, 5.74) is 12.1. The van der Waals surface area contributed by atoms with Gasteiger partial charge >= 0.3 is 0 Å². The van der Waals surface area contributed by atoms with Crippen molar-refractivity contribution in [3.05, 3.63) is 156 Å². The summed E-state index contributed by atoms with van der Waals surface area (Å²) < 4.78 is 0. The van der Waals surface area contributed by atoms with Crippen molar-refractivity contribution in [1.82, 2.24) is 9.97 Å². The first-order chi connectivity index (χ1) is 20.1. The van der Waals surface area contributed by atoms with Gasteiger partial charge in [-0.25, -0.2) is 9.97 Å². The van der Waals surface area contributed by atoms with Crippen LogP contribution in [-0.4, -0.2) is 9.97 Å². The number of benzene rings is 4. The third-order valence-electron chi connectivity index (χ3n) is 7.71. The second-order valence-corrected chi connectivity index (χ2v) is 10.6. The van der Waals surface area contributed by atoms with Gasteiger partial charge in [-0.3, -0.25) is 9.80 Å². The minimum absolute atomic E-state index is 0.875. The molecule has 0 aliphatic heterocycles. The van der Waals surface area contributed by atoms with Crippen molar-refractivity contribution >= 4 is 34.4 Å². The van der Waals surface area contributed by atoms with Crippen LogP contribution in [0, 0.1) is 13.8 Å². The standard InChI is InChI=1S/C37H30N4/c1-26-9-13-30(14-10-26)40(36-7-3-5-21-38-36)32-17-19-34-28(24-32)23-29-25-33(18-20-35(29)34)41(37-8-4-6-22-39-37)31-15-11-27(2)12-16-31/h3-22,24-25H,23H2,1-2H3. The van der Waals surface area contributed by atoms with Crippen LogP contribution in [0.5, 0.6) is 0 Å². The highest BCUT2D eigenvalue weighted by atomic mass is 15.2. The molecule has 0 saturated carbocycles. The van der Waals surface area contributed by atoms with E-state index in [1.54, 1.807) is 0 Å². The third kappa shape index (κ3) is 4.74. The molecule has 4 nitrogen and oxygen atoms in total. The molecule has 0 fully saturated rings. The van der Waals surface area contributed by atoms with Gasteiger partial charge in [-0.1, -0.05) is 59.7 Å². The van der Waals surface area contributed by atoms with E-state index >= 15 is 0 Å². The Morgan fingerprint density at radius 2 is 0.878 bits per heavy atom. The molecule has 1 aliphatic carbocycles. The van der Waals surface area contributed by atoms with Gasteiger partial charge in [0, 0.05) is 35.1 Å². The Kier molecular flexibility index (Phi) is 6.29. The van der Waals surface area contributed by atoms with Gasteiger partial charge in [-0.05, 0) is 115 Å². The van der Waals surface area contributed by atoms with Crippen LogP contribution in [0.1, 0.15) is 22.3 Å². The summed E-state index contributed by atoms with van der Waals surface area (Å²) in [7, 11) is 0. The van der Waals surface area contributed by atoms with Crippen LogP contribution >= 0.6 is 0 Å². The molecule has 2 aromatic heterocycles. The number of rotatable bonds is 6. The SMILES string of the molecule is Cc1ccc(N(c2ccc3c(c2)Cc2cc(N(c4ccc(C)cc4)c4ccccn4)ccc2-3)c2ccccn2)cc1. The topological polar surface area (TPSA) is 32.3 Å². The number of anilines is 6. The summed E-state index contributed by atoms with van der Waals surface area (Å²) in [6.07, 6.45) is 4.57. The number of fused-ring (bicyclic) bond motifs is 3. The number of aromatic nitrogens is 2. The third-order valence-corrected chi connectivity index (χ3v) is 7.71. The molecule has 4 aromatic carbocycles. The highest BCUT2D eigenvalue weighted by Crippen LogP contribution is 2.44. The average molecular weight is 531 g/mol. The molecule has 0 amide bonds. The van der Waals surface area contributed by atoms with Crippen LogP contribution in [0.3, 0.4) is 0 Å². The van der Waals surface area contributed by atoms with Crippen LogP contribution < -0.4 is 9.80 Å². The molecule has 6 aromatic rings. The van der Waals surface area contributed by atoms with E-state index in [-0.39, 0.29) is 0 Å². The molecule has 0 N–H and O–H groups in total. The quantitative estimate of drug-likeness (QED) is 0.214. The second kappa shape index (κ2) is 10.4. The van der Waals surface area contributed by atoms with Gasteiger partial charge in [0.2, 0.25) is 0 Å². The largest absolute Gasteiger partial charge is 0.295 e. The monoisotopic (exact) mass is 530 g/mol. The minimum Gasteiger partial charge on any atom is -0.295 e. The molecule has 7 rings (SSSR count). The number of hydrogen-bond donors (Lipinski definition) is 0.